The van der Waals surface area contributed by atoms with Crippen molar-refractivity contribution < 1.29 is 24.6 Å². The van der Waals surface area contributed by atoms with Crippen molar-refractivity contribution in [3.05, 3.63) is 29.8 Å². The number of hydrogen-bond donors (Lipinski definition) is 2. The fourth-order valence-electron chi connectivity index (χ4n) is 1.95. The van der Waals surface area contributed by atoms with E-state index in [0.29, 0.717) is 5.56 Å². The van der Waals surface area contributed by atoms with E-state index in [9.17, 15) is 19.5 Å². The highest BCUT2D eigenvalue weighted by Crippen LogP contribution is 2.26. The molecule has 1 fully saturated rings. The van der Waals surface area contributed by atoms with E-state index >= 15 is 0 Å². The van der Waals surface area contributed by atoms with Gasteiger partial charge in [0.2, 0.25) is 5.91 Å². The lowest BCUT2D eigenvalue weighted by Crippen LogP contribution is -2.35. The molecule has 0 unspecified atom stereocenters. The third kappa shape index (κ3) is 2.17. The van der Waals surface area contributed by atoms with E-state index in [1.807, 2.05) is 0 Å². The highest BCUT2D eigenvalue weighted by molar-refractivity contribution is 6.06. The number of aromatic hydroxyl groups is 1. The number of amides is 1. The van der Waals surface area contributed by atoms with Crippen LogP contribution in [0.1, 0.15) is 18.0 Å². The Morgan fingerprint density at radius 2 is 1.83 bits per heavy atom. The first-order valence-corrected chi connectivity index (χ1v) is 5.32. The van der Waals surface area contributed by atoms with Crippen LogP contribution in [0.4, 0.5) is 0 Å². The van der Waals surface area contributed by atoms with Gasteiger partial charge in [0.1, 0.15) is 5.75 Å². The summed E-state index contributed by atoms with van der Waals surface area (Å²) in [5.41, 5.74) is 0.350. The van der Waals surface area contributed by atoms with E-state index < -0.39 is 17.9 Å². The summed E-state index contributed by atoms with van der Waals surface area (Å²) in [7, 11) is 0. The van der Waals surface area contributed by atoms with Gasteiger partial charge in [-0.15, -0.1) is 0 Å². The zero-order valence-electron chi connectivity index (χ0n) is 9.37. The van der Waals surface area contributed by atoms with Crippen LogP contribution < -0.4 is 0 Å². The first kappa shape index (κ1) is 12.1. The number of phenols is 1. The first-order chi connectivity index (χ1) is 8.49. The number of nitrogens with zero attached hydrogens (tertiary/aromatic N) is 1. The second kappa shape index (κ2) is 4.48. The Labute approximate surface area is 102 Å². The standard InChI is InChI=1S/C12H11NO5/c14-8-3-1-7(2-4-8)11(12(17)18)13-6-9(15)5-10(13)16/h1-4,11,14H,5-6H2,(H,17,18)/t11-/m1/s1. The Morgan fingerprint density at radius 1 is 1.22 bits per heavy atom. The minimum atomic E-state index is -1.20. The Balaban J connectivity index is 2.34. The van der Waals surface area contributed by atoms with Gasteiger partial charge in [-0.3, -0.25) is 9.59 Å². The van der Waals surface area contributed by atoms with Crippen molar-refractivity contribution in [1.29, 1.82) is 0 Å². The predicted octanol–water partition coefficient (Wildman–Crippen LogP) is 0.319. The number of hydrogen-bond acceptors (Lipinski definition) is 4. The maximum absolute atomic E-state index is 11.6. The number of aliphatic carboxylic acids is 1. The minimum absolute atomic E-state index is 0.00622. The molecule has 2 N–H and O–H groups in total. The molecule has 6 nitrogen and oxygen atoms in total. The van der Waals surface area contributed by atoms with Crippen molar-refractivity contribution in [3.8, 4) is 5.75 Å². The van der Waals surface area contributed by atoms with Crippen LogP contribution in [0.5, 0.6) is 5.75 Å². The van der Waals surface area contributed by atoms with Gasteiger partial charge in [-0.05, 0) is 17.7 Å². The average Bonchev–Trinajstić information content (AvgIpc) is 2.61. The molecular formula is C12H11NO5. The molecule has 1 saturated heterocycles. The smallest absolute Gasteiger partial charge is 0.331 e. The van der Waals surface area contributed by atoms with Crippen molar-refractivity contribution in [2.75, 3.05) is 6.54 Å². The maximum atomic E-state index is 11.6. The molecule has 0 spiro atoms. The number of Topliss-reactive ketones (excluding diaryl/α,β-unsaturated/α-hetero) is 1. The third-order valence-corrected chi connectivity index (χ3v) is 2.77. The second-order valence-corrected chi connectivity index (χ2v) is 4.07. The van der Waals surface area contributed by atoms with Crippen molar-refractivity contribution >= 4 is 17.7 Å². The number of phenolic OH excluding ortho intramolecular Hbond substituents is 1. The Morgan fingerprint density at radius 3 is 2.28 bits per heavy atom. The van der Waals surface area contributed by atoms with E-state index in [4.69, 9.17) is 5.11 Å². The van der Waals surface area contributed by atoms with Crippen LogP contribution in [-0.4, -0.2) is 39.3 Å². The summed E-state index contributed by atoms with van der Waals surface area (Å²) in [4.78, 5) is 35.0. The van der Waals surface area contributed by atoms with Crippen molar-refractivity contribution in [2.45, 2.75) is 12.5 Å². The largest absolute Gasteiger partial charge is 0.508 e. The topological polar surface area (TPSA) is 94.9 Å². The van der Waals surface area contributed by atoms with Crippen LogP contribution in [-0.2, 0) is 14.4 Å². The molecule has 1 aliphatic heterocycles. The number of likely N-dealkylation sites (tertiary alicyclic amines) is 1. The number of carbonyl (C=O) groups is 3. The van der Waals surface area contributed by atoms with Gasteiger partial charge in [0.05, 0.1) is 13.0 Å². The second-order valence-electron chi connectivity index (χ2n) is 4.07. The normalized spacial score (nSPS) is 17.0. The van der Waals surface area contributed by atoms with E-state index in [1.54, 1.807) is 0 Å². The van der Waals surface area contributed by atoms with Gasteiger partial charge >= 0.3 is 5.97 Å². The molecule has 1 atom stereocenters. The van der Waals surface area contributed by atoms with Gasteiger partial charge in [0, 0.05) is 0 Å². The molecule has 1 amide bonds. The number of carboxylic acid groups (broad SMARTS) is 1. The molecule has 6 heteroatoms. The quantitative estimate of drug-likeness (QED) is 0.752. The van der Waals surface area contributed by atoms with Crippen LogP contribution in [0.15, 0.2) is 24.3 Å². The molecule has 1 heterocycles. The van der Waals surface area contributed by atoms with Crippen LogP contribution in [0.3, 0.4) is 0 Å². The number of benzene rings is 1. The summed E-state index contributed by atoms with van der Waals surface area (Å²) >= 11 is 0. The Kier molecular flexibility index (Phi) is 3.01. The molecule has 94 valence electrons. The molecule has 18 heavy (non-hydrogen) atoms. The highest BCUT2D eigenvalue weighted by Gasteiger charge is 2.37. The van der Waals surface area contributed by atoms with Gasteiger partial charge in [0.25, 0.3) is 0 Å². The van der Waals surface area contributed by atoms with Gasteiger partial charge in [-0.2, -0.15) is 0 Å². The summed E-state index contributed by atoms with van der Waals surface area (Å²) in [6.07, 6.45) is -0.248. The maximum Gasteiger partial charge on any atom is 0.331 e. The van der Waals surface area contributed by atoms with Crippen molar-refractivity contribution in [3.63, 3.8) is 0 Å². The zero-order chi connectivity index (χ0) is 13.3. The van der Waals surface area contributed by atoms with Gasteiger partial charge in [0.15, 0.2) is 11.8 Å². The number of rotatable bonds is 3. The lowest BCUT2D eigenvalue weighted by Gasteiger charge is -2.23. The zero-order valence-corrected chi connectivity index (χ0v) is 9.37. The van der Waals surface area contributed by atoms with E-state index in [0.717, 1.165) is 4.90 Å². The van der Waals surface area contributed by atoms with Crippen LogP contribution in [0.2, 0.25) is 0 Å². The minimum Gasteiger partial charge on any atom is -0.508 e. The first-order valence-electron chi connectivity index (χ1n) is 5.32. The van der Waals surface area contributed by atoms with E-state index in [1.165, 1.54) is 24.3 Å². The van der Waals surface area contributed by atoms with E-state index in [-0.39, 0.29) is 24.5 Å². The SMILES string of the molecule is O=C1CC(=O)N([C@@H](C(=O)O)c2ccc(O)cc2)C1. The van der Waals surface area contributed by atoms with Crippen molar-refractivity contribution in [1.82, 2.24) is 4.90 Å². The third-order valence-electron chi connectivity index (χ3n) is 2.77. The molecule has 1 aromatic rings. The van der Waals surface area contributed by atoms with Crippen LogP contribution in [0, 0.1) is 0 Å². The number of ketones is 1. The number of carbonyl (C=O) groups excluding carboxylic acids is 2. The van der Waals surface area contributed by atoms with E-state index in [2.05, 4.69) is 0 Å². The predicted molar refractivity (Wildman–Crippen MR) is 59.8 cm³/mol. The highest BCUT2D eigenvalue weighted by atomic mass is 16.4. The number of carboxylic acids is 1. The summed E-state index contributed by atoms with van der Waals surface area (Å²) in [6.45, 7) is -0.184. The Bertz CT molecular complexity index is 508. The molecule has 2 rings (SSSR count). The molecule has 0 aliphatic carbocycles. The summed E-state index contributed by atoms with van der Waals surface area (Å²) in [5, 5.41) is 18.3. The fourth-order valence-corrected chi connectivity index (χ4v) is 1.95. The van der Waals surface area contributed by atoms with Crippen molar-refractivity contribution in [2.24, 2.45) is 0 Å². The van der Waals surface area contributed by atoms with Crippen LogP contribution >= 0.6 is 0 Å². The lowest BCUT2D eigenvalue weighted by atomic mass is 10.1. The van der Waals surface area contributed by atoms with Gasteiger partial charge < -0.3 is 15.1 Å². The molecule has 0 aromatic heterocycles. The van der Waals surface area contributed by atoms with Crippen LogP contribution in [0.25, 0.3) is 0 Å². The molecule has 1 aromatic carbocycles. The molecule has 0 bridgehead atoms. The molecule has 1 aliphatic rings. The fraction of sp³-hybridized carbons (Fsp3) is 0.250. The lowest BCUT2D eigenvalue weighted by molar-refractivity contribution is -0.148. The molecule has 0 saturated carbocycles. The summed E-state index contributed by atoms with van der Waals surface area (Å²) < 4.78 is 0. The molecular weight excluding hydrogens is 238 g/mol. The van der Waals surface area contributed by atoms with Gasteiger partial charge in [-0.1, -0.05) is 12.1 Å². The summed E-state index contributed by atoms with van der Waals surface area (Å²) in [5.74, 6) is -1.97. The summed E-state index contributed by atoms with van der Waals surface area (Å²) in [6, 6.07) is 4.33. The Hall–Kier alpha value is -2.37. The van der Waals surface area contributed by atoms with Gasteiger partial charge in [-0.25, -0.2) is 4.79 Å². The monoisotopic (exact) mass is 249 g/mol. The average molecular weight is 249 g/mol. The molecule has 0 radical (unpaired) electrons.